The quantitative estimate of drug-likeness (QED) is 0.767. The van der Waals surface area contributed by atoms with Crippen LogP contribution in [-0.2, 0) is 0 Å². The Labute approximate surface area is 139 Å². The van der Waals surface area contributed by atoms with Gasteiger partial charge >= 0.3 is 0 Å². The van der Waals surface area contributed by atoms with Gasteiger partial charge in [-0.3, -0.25) is 9.36 Å². The van der Waals surface area contributed by atoms with E-state index in [-0.39, 0.29) is 27.4 Å². The van der Waals surface area contributed by atoms with Crippen molar-refractivity contribution in [3.8, 4) is 5.69 Å². The molecule has 2 aromatic carbocycles. The van der Waals surface area contributed by atoms with Gasteiger partial charge in [-0.05, 0) is 31.2 Å². The Kier molecular flexibility index (Phi) is 4.06. The molecule has 3 rings (SSSR count). The third-order valence-corrected chi connectivity index (χ3v) is 3.78. The highest BCUT2D eigenvalue weighted by molar-refractivity contribution is 6.35. The monoisotopic (exact) mass is 353 g/mol. The lowest BCUT2D eigenvalue weighted by Crippen LogP contribution is -2.28. The molecule has 0 aliphatic rings. The van der Waals surface area contributed by atoms with Crippen LogP contribution in [-0.4, -0.2) is 9.55 Å². The Morgan fingerprint density at radius 2 is 1.79 bits per heavy atom. The second-order valence-corrected chi connectivity index (χ2v) is 5.69. The third-order valence-electron chi connectivity index (χ3n) is 3.46. The Hall–Kier alpha value is -2.38. The highest BCUT2D eigenvalue weighted by Gasteiger charge is 2.20. The number of halogens is 4. The molecule has 4 nitrogen and oxygen atoms in total. The van der Waals surface area contributed by atoms with E-state index in [1.165, 1.54) is 13.0 Å². The van der Waals surface area contributed by atoms with E-state index in [9.17, 15) is 18.0 Å². The first-order chi connectivity index (χ1) is 11.3. The Bertz CT molecular complexity index is 997. The Morgan fingerprint density at radius 1 is 1.17 bits per heavy atom. The van der Waals surface area contributed by atoms with Crippen molar-refractivity contribution < 1.29 is 13.2 Å². The molecule has 1 heterocycles. The largest absolute Gasteiger partial charge is 0.322 e. The van der Waals surface area contributed by atoms with Crippen LogP contribution >= 0.6 is 11.6 Å². The molecular formula is C16H11ClF3N3O. The zero-order valence-electron chi connectivity index (χ0n) is 12.4. The summed E-state index contributed by atoms with van der Waals surface area (Å²) >= 11 is 5.99. The summed E-state index contributed by atoms with van der Waals surface area (Å²) in [7, 11) is 0. The van der Waals surface area contributed by atoms with E-state index in [0.717, 1.165) is 22.8 Å². The molecule has 124 valence electrons. The van der Waals surface area contributed by atoms with Crippen molar-refractivity contribution in [2.45, 2.75) is 13.0 Å². The zero-order valence-corrected chi connectivity index (χ0v) is 13.1. The molecule has 0 saturated carbocycles. The average Bonchev–Trinajstić information content (AvgIpc) is 2.49. The number of rotatable bonds is 2. The summed E-state index contributed by atoms with van der Waals surface area (Å²) in [4.78, 5) is 16.9. The second-order valence-electron chi connectivity index (χ2n) is 5.28. The number of hydrogen-bond donors (Lipinski definition) is 1. The van der Waals surface area contributed by atoms with Crippen molar-refractivity contribution in [1.29, 1.82) is 0 Å². The normalized spacial score (nSPS) is 12.6. The first-order valence-electron chi connectivity index (χ1n) is 6.92. The van der Waals surface area contributed by atoms with Crippen LogP contribution in [0.25, 0.3) is 16.6 Å². The van der Waals surface area contributed by atoms with Crippen LogP contribution in [0.4, 0.5) is 13.2 Å². The molecule has 0 radical (unpaired) electrons. The Balaban J connectivity index is 2.51. The smallest absolute Gasteiger partial charge is 0.267 e. The van der Waals surface area contributed by atoms with Crippen molar-refractivity contribution >= 4 is 22.5 Å². The lowest BCUT2D eigenvalue weighted by atomic mass is 10.2. The molecule has 2 N–H and O–H groups in total. The van der Waals surface area contributed by atoms with E-state index in [4.69, 9.17) is 17.3 Å². The van der Waals surface area contributed by atoms with Gasteiger partial charge in [-0.25, -0.2) is 18.2 Å². The molecule has 0 unspecified atom stereocenters. The maximum Gasteiger partial charge on any atom is 0.267 e. The summed E-state index contributed by atoms with van der Waals surface area (Å²) < 4.78 is 42.0. The zero-order chi connectivity index (χ0) is 17.6. The van der Waals surface area contributed by atoms with Crippen LogP contribution in [0.1, 0.15) is 18.8 Å². The highest BCUT2D eigenvalue weighted by atomic mass is 35.5. The van der Waals surface area contributed by atoms with Gasteiger partial charge in [-0.1, -0.05) is 11.6 Å². The number of hydrogen-bond acceptors (Lipinski definition) is 3. The van der Waals surface area contributed by atoms with Gasteiger partial charge < -0.3 is 5.73 Å². The molecule has 0 aliphatic heterocycles. The average molecular weight is 354 g/mol. The molecular weight excluding hydrogens is 343 g/mol. The number of nitrogens with two attached hydrogens (primary N) is 1. The van der Waals surface area contributed by atoms with Crippen LogP contribution in [0.3, 0.4) is 0 Å². The molecule has 0 bridgehead atoms. The molecule has 0 aliphatic carbocycles. The molecule has 1 aromatic heterocycles. The van der Waals surface area contributed by atoms with Crippen LogP contribution in [0.2, 0.25) is 5.02 Å². The Morgan fingerprint density at radius 3 is 2.38 bits per heavy atom. The number of aromatic nitrogens is 2. The second kappa shape index (κ2) is 5.92. The van der Waals surface area contributed by atoms with Crippen molar-refractivity contribution in [3.63, 3.8) is 0 Å². The van der Waals surface area contributed by atoms with Gasteiger partial charge in [0.1, 0.15) is 28.8 Å². The fourth-order valence-corrected chi connectivity index (χ4v) is 2.69. The summed E-state index contributed by atoms with van der Waals surface area (Å²) in [6.07, 6.45) is 0. The van der Waals surface area contributed by atoms with Gasteiger partial charge in [0.15, 0.2) is 0 Å². The van der Waals surface area contributed by atoms with Crippen molar-refractivity contribution in [1.82, 2.24) is 9.55 Å². The molecule has 0 saturated heterocycles. The number of fused-ring (bicyclic) bond motifs is 1. The van der Waals surface area contributed by atoms with Gasteiger partial charge in [-0.15, -0.1) is 0 Å². The minimum absolute atomic E-state index is 0.0225. The van der Waals surface area contributed by atoms with Crippen molar-refractivity contribution in [2.24, 2.45) is 5.73 Å². The van der Waals surface area contributed by atoms with Crippen LogP contribution < -0.4 is 11.3 Å². The van der Waals surface area contributed by atoms with Gasteiger partial charge in [0.05, 0.1) is 22.1 Å². The number of nitrogens with zero attached hydrogens (tertiary/aromatic N) is 2. The van der Waals surface area contributed by atoms with Gasteiger partial charge in [0.25, 0.3) is 5.56 Å². The predicted molar refractivity (Wildman–Crippen MR) is 84.8 cm³/mol. The molecule has 8 heteroatoms. The predicted octanol–water partition coefficient (Wildman–Crippen LogP) is 3.48. The molecule has 3 aromatic rings. The molecule has 1 atom stereocenters. The maximum atomic E-state index is 14.0. The topological polar surface area (TPSA) is 60.9 Å². The van der Waals surface area contributed by atoms with E-state index >= 15 is 0 Å². The lowest BCUT2D eigenvalue weighted by molar-refractivity contribution is 0.578. The first kappa shape index (κ1) is 16.5. The number of benzene rings is 2. The standard InChI is InChI=1S/C16H11ClF3N3O/c1-7(21)15-22-14-12(20)3-2-11(17)13(14)16(24)23(15)10-5-8(18)4-9(19)6-10/h2-7H,21H2,1H3/t7-/m0/s1. The van der Waals surface area contributed by atoms with Crippen LogP contribution in [0.5, 0.6) is 0 Å². The van der Waals surface area contributed by atoms with Crippen molar-refractivity contribution in [2.75, 3.05) is 0 Å². The van der Waals surface area contributed by atoms with E-state index in [1.54, 1.807) is 0 Å². The van der Waals surface area contributed by atoms with E-state index in [0.29, 0.717) is 6.07 Å². The summed E-state index contributed by atoms with van der Waals surface area (Å²) in [5.41, 5.74) is 4.69. The molecule has 0 spiro atoms. The van der Waals surface area contributed by atoms with Gasteiger partial charge in [0, 0.05) is 6.07 Å². The summed E-state index contributed by atoms with van der Waals surface area (Å²) in [6, 6.07) is 4.07. The minimum Gasteiger partial charge on any atom is -0.322 e. The fourth-order valence-electron chi connectivity index (χ4n) is 2.46. The van der Waals surface area contributed by atoms with Gasteiger partial charge in [-0.2, -0.15) is 0 Å². The van der Waals surface area contributed by atoms with Crippen LogP contribution in [0, 0.1) is 17.5 Å². The third kappa shape index (κ3) is 2.65. The van der Waals surface area contributed by atoms with Crippen molar-refractivity contribution in [3.05, 3.63) is 69.0 Å². The SMILES string of the molecule is C[C@H](N)c1nc2c(F)ccc(Cl)c2c(=O)n1-c1cc(F)cc(F)c1. The van der Waals surface area contributed by atoms with Gasteiger partial charge in [0.2, 0.25) is 0 Å². The van der Waals surface area contributed by atoms with E-state index in [1.807, 2.05) is 0 Å². The first-order valence-corrected chi connectivity index (χ1v) is 7.30. The molecule has 0 amide bonds. The summed E-state index contributed by atoms with van der Waals surface area (Å²) in [6.45, 7) is 1.52. The van der Waals surface area contributed by atoms with E-state index < -0.39 is 29.1 Å². The summed E-state index contributed by atoms with van der Waals surface area (Å²) in [5, 5.41) is -0.212. The summed E-state index contributed by atoms with van der Waals surface area (Å²) in [5.74, 6) is -2.54. The lowest BCUT2D eigenvalue weighted by Gasteiger charge is -2.16. The van der Waals surface area contributed by atoms with E-state index in [2.05, 4.69) is 4.98 Å². The fraction of sp³-hybridized carbons (Fsp3) is 0.125. The van der Waals surface area contributed by atoms with Crippen LogP contribution in [0.15, 0.2) is 35.1 Å². The highest BCUT2D eigenvalue weighted by Crippen LogP contribution is 2.24. The minimum atomic E-state index is -0.877. The maximum absolute atomic E-state index is 14.0. The molecule has 0 fully saturated rings. The molecule has 24 heavy (non-hydrogen) atoms.